The number of carbonyl (C=O) groups is 3. The Hall–Kier alpha value is -1.19. The second-order valence-corrected chi connectivity index (χ2v) is 2.77. The highest BCUT2D eigenvalue weighted by Gasteiger charge is 2.08. The zero-order valence-corrected chi connectivity index (χ0v) is 7.29. The van der Waals surface area contributed by atoms with E-state index in [1.165, 1.54) is 0 Å². The Kier molecular flexibility index (Phi) is 4.92. The monoisotopic (exact) mass is 171 g/mol. The highest BCUT2D eigenvalue weighted by atomic mass is 16.2. The molecule has 0 aromatic carbocycles. The summed E-state index contributed by atoms with van der Waals surface area (Å²) in [6.45, 7) is 3.53. The number of carbonyl (C=O) groups excluding carboxylic acids is 3. The number of aldehydes is 1. The number of hydrogen-bond acceptors (Lipinski definition) is 3. The van der Waals surface area contributed by atoms with Gasteiger partial charge in [0.1, 0.15) is 6.29 Å². The van der Waals surface area contributed by atoms with Crippen LogP contribution in [0.4, 0.5) is 0 Å². The van der Waals surface area contributed by atoms with E-state index in [0.29, 0.717) is 6.29 Å². The molecule has 0 saturated heterocycles. The summed E-state index contributed by atoms with van der Waals surface area (Å²) >= 11 is 0. The second kappa shape index (κ2) is 5.46. The molecule has 4 heteroatoms. The third-order valence-corrected chi connectivity index (χ3v) is 1.37. The topological polar surface area (TPSA) is 63.2 Å². The van der Waals surface area contributed by atoms with Crippen LogP contribution in [0.25, 0.3) is 0 Å². The van der Waals surface area contributed by atoms with E-state index in [-0.39, 0.29) is 24.7 Å². The van der Waals surface area contributed by atoms with E-state index >= 15 is 0 Å². The third-order valence-electron chi connectivity index (χ3n) is 1.37. The normalized spacial score (nSPS) is 9.58. The molecular formula is C8H13NO3. The number of hydrogen-bond donors (Lipinski definition) is 1. The third kappa shape index (κ3) is 4.60. The highest BCUT2D eigenvalue weighted by Crippen LogP contribution is 1.91. The lowest BCUT2D eigenvalue weighted by atomic mass is 10.1. The highest BCUT2D eigenvalue weighted by molar-refractivity contribution is 5.91. The number of amides is 1. The van der Waals surface area contributed by atoms with E-state index in [0.717, 1.165) is 0 Å². The molecule has 0 bridgehead atoms. The van der Waals surface area contributed by atoms with Crippen LogP contribution in [0.3, 0.4) is 0 Å². The quantitative estimate of drug-likeness (QED) is 0.464. The molecule has 0 aliphatic heterocycles. The molecule has 0 saturated carbocycles. The standard InChI is InChI=1S/C8H13NO3/c1-6(2)7(11)5-9-8(12)3-4-10/h4,6H,3,5H2,1-2H3,(H,9,12). The van der Waals surface area contributed by atoms with Crippen LogP contribution in [-0.4, -0.2) is 24.5 Å². The van der Waals surface area contributed by atoms with E-state index in [9.17, 15) is 14.4 Å². The van der Waals surface area contributed by atoms with E-state index in [4.69, 9.17) is 0 Å². The molecule has 0 aromatic rings. The minimum absolute atomic E-state index is 0.0182. The van der Waals surface area contributed by atoms with Crippen LogP contribution >= 0.6 is 0 Å². The van der Waals surface area contributed by atoms with Gasteiger partial charge in [0.05, 0.1) is 13.0 Å². The Bertz CT molecular complexity index is 187. The summed E-state index contributed by atoms with van der Waals surface area (Å²) in [5, 5.41) is 2.34. The second-order valence-electron chi connectivity index (χ2n) is 2.77. The van der Waals surface area contributed by atoms with Crippen molar-refractivity contribution in [1.29, 1.82) is 0 Å². The molecule has 1 amide bonds. The maximum Gasteiger partial charge on any atom is 0.227 e. The number of Topliss-reactive ketones (excluding diaryl/α,β-unsaturated/α-hetero) is 1. The van der Waals surface area contributed by atoms with Crippen LogP contribution < -0.4 is 5.32 Å². The Balaban J connectivity index is 3.61. The number of ketones is 1. The molecule has 68 valence electrons. The lowest BCUT2D eigenvalue weighted by molar-refractivity contribution is -0.128. The van der Waals surface area contributed by atoms with Gasteiger partial charge in [-0.05, 0) is 0 Å². The van der Waals surface area contributed by atoms with Gasteiger partial charge >= 0.3 is 0 Å². The van der Waals surface area contributed by atoms with Gasteiger partial charge in [0.2, 0.25) is 5.91 Å². The molecule has 0 atom stereocenters. The summed E-state index contributed by atoms with van der Waals surface area (Å²) in [7, 11) is 0. The van der Waals surface area contributed by atoms with Crippen LogP contribution in [-0.2, 0) is 14.4 Å². The molecule has 0 spiro atoms. The van der Waals surface area contributed by atoms with E-state index < -0.39 is 5.91 Å². The minimum atomic E-state index is -0.404. The van der Waals surface area contributed by atoms with Gasteiger partial charge in [0.15, 0.2) is 5.78 Å². The fourth-order valence-corrected chi connectivity index (χ4v) is 0.538. The molecule has 12 heavy (non-hydrogen) atoms. The van der Waals surface area contributed by atoms with Gasteiger partial charge in [0, 0.05) is 5.92 Å². The molecular weight excluding hydrogens is 158 g/mol. The maximum absolute atomic E-state index is 10.9. The van der Waals surface area contributed by atoms with Crippen molar-refractivity contribution in [3.63, 3.8) is 0 Å². The first-order valence-corrected chi connectivity index (χ1v) is 3.81. The summed E-state index contributed by atoms with van der Waals surface area (Å²) in [6, 6.07) is 0. The van der Waals surface area contributed by atoms with Gasteiger partial charge in [-0.15, -0.1) is 0 Å². The lowest BCUT2D eigenvalue weighted by Gasteiger charge is -2.04. The van der Waals surface area contributed by atoms with E-state index in [1.54, 1.807) is 13.8 Å². The van der Waals surface area contributed by atoms with Gasteiger partial charge in [-0.25, -0.2) is 0 Å². The van der Waals surface area contributed by atoms with Crippen molar-refractivity contribution in [2.45, 2.75) is 20.3 Å². The Morgan fingerprint density at radius 1 is 1.42 bits per heavy atom. The predicted octanol–water partition coefficient (Wildman–Crippen LogP) is -0.0833. The number of nitrogens with one attached hydrogen (secondary N) is 1. The summed E-state index contributed by atoms with van der Waals surface area (Å²) in [5.41, 5.74) is 0. The van der Waals surface area contributed by atoms with Crippen molar-refractivity contribution in [3.8, 4) is 0 Å². The Labute approximate surface area is 71.3 Å². The largest absolute Gasteiger partial charge is 0.349 e. The van der Waals surface area contributed by atoms with Gasteiger partial charge in [-0.2, -0.15) is 0 Å². The predicted molar refractivity (Wildman–Crippen MR) is 43.5 cm³/mol. The van der Waals surface area contributed by atoms with Crippen LogP contribution in [0.5, 0.6) is 0 Å². The average Bonchev–Trinajstić information content (AvgIpc) is 2.00. The molecule has 0 aliphatic carbocycles. The van der Waals surface area contributed by atoms with Crippen molar-refractivity contribution >= 4 is 18.0 Å². The van der Waals surface area contributed by atoms with E-state index in [1.807, 2.05) is 0 Å². The number of rotatable bonds is 5. The van der Waals surface area contributed by atoms with Crippen LogP contribution in [0.1, 0.15) is 20.3 Å². The smallest absolute Gasteiger partial charge is 0.227 e. The molecule has 0 heterocycles. The molecule has 4 nitrogen and oxygen atoms in total. The van der Waals surface area contributed by atoms with Crippen molar-refractivity contribution in [1.82, 2.24) is 5.32 Å². The lowest BCUT2D eigenvalue weighted by Crippen LogP contribution is -2.31. The molecule has 0 radical (unpaired) electrons. The van der Waals surface area contributed by atoms with Gasteiger partial charge < -0.3 is 10.1 Å². The van der Waals surface area contributed by atoms with Crippen molar-refractivity contribution in [2.75, 3.05) is 6.54 Å². The first-order valence-electron chi connectivity index (χ1n) is 3.81. The average molecular weight is 171 g/mol. The molecule has 0 fully saturated rings. The molecule has 1 N–H and O–H groups in total. The van der Waals surface area contributed by atoms with Crippen LogP contribution in [0, 0.1) is 5.92 Å². The van der Waals surface area contributed by atoms with Gasteiger partial charge in [-0.3, -0.25) is 9.59 Å². The van der Waals surface area contributed by atoms with Crippen molar-refractivity contribution in [2.24, 2.45) is 5.92 Å². The summed E-state index contributed by atoms with van der Waals surface area (Å²) < 4.78 is 0. The fraction of sp³-hybridized carbons (Fsp3) is 0.625. The van der Waals surface area contributed by atoms with Crippen molar-refractivity contribution in [3.05, 3.63) is 0 Å². The first kappa shape index (κ1) is 10.8. The Morgan fingerprint density at radius 2 is 2.00 bits per heavy atom. The fourth-order valence-electron chi connectivity index (χ4n) is 0.538. The first-order chi connectivity index (χ1) is 5.57. The maximum atomic E-state index is 10.9. The summed E-state index contributed by atoms with van der Waals surface area (Å²) in [6.07, 6.45) is 0.334. The van der Waals surface area contributed by atoms with E-state index in [2.05, 4.69) is 5.32 Å². The zero-order valence-electron chi connectivity index (χ0n) is 7.29. The van der Waals surface area contributed by atoms with Crippen LogP contribution in [0.2, 0.25) is 0 Å². The molecule has 0 aliphatic rings. The minimum Gasteiger partial charge on any atom is -0.349 e. The summed E-state index contributed by atoms with van der Waals surface area (Å²) in [4.78, 5) is 31.5. The Morgan fingerprint density at radius 3 is 2.42 bits per heavy atom. The zero-order chi connectivity index (χ0) is 9.56. The molecule has 0 aromatic heterocycles. The van der Waals surface area contributed by atoms with Crippen LogP contribution in [0.15, 0.2) is 0 Å². The SMILES string of the molecule is CC(C)C(=O)CNC(=O)CC=O. The van der Waals surface area contributed by atoms with Gasteiger partial charge in [0.25, 0.3) is 0 Å². The molecule has 0 rings (SSSR count). The summed E-state index contributed by atoms with van der Waals surface area (Å²) in [5.74, 6) is -0.519. The van der Waals surface area contributed by atoms with Crippen molar-refractivity contribution < 1.29 is 14.4 Å². The molecule has 0 unspecified atom stereocenters. The van der Waals surface area contributed by atoms with Gasteiger partial charge in [-0.1, -0.05) is 13.8 Å².